The van der Waals surface area contributed by atoms with Crippen molar-refractivity contribution in [3.8, 4) is 5.75 Å². The molecule has 0 radical (unpaired) electrons. The first-order valence-corrected chi connectivity index (χ1v) is 6.68. The smallest absolute Gasteiger partial charge is 0.255 e. The second-order valence-corrected chi connectivity index (χ2v) is 5.11. The summed E-state index contributed by atoms with van der Waals surface area (Å²) in [6.07, 6.45) is 0. The van der Waals surface area contributed by atoms with Gasteiger partial charge in [0.05, 0.1) is 17.8 Å². The lowest BCUT2D eigenvalue weighted by atomic mass is 10.2. The molecule has 0 heterocycles. The van der Waals surface area contributed by atoms with Crippen molar-refractivity contribution in [1.29, 1.82) is 0 Å². The van der Waals surface area contributed by atoms with E-state index in [9.17, 15) is 4.79 Å². The first kappa shape index (κ1) is 13.9. The van der Waals surface area contributed by atoms with E-state index in [4.69, 9.17) is 16.3 Å². The van der Waals surface area contributed by atoms with Crippen LogP contribution < -0.4 is 10.1 Å². The molecule has 0 aliphatic carbocycles. The van der Waals surface area contributed by atoms with Gasteiger partial charge in [0.25, 0.3) is 5.91 Å². The van der Waals surface area contributed by atoms with Crippen LogP contribution >= 0.6 is 27.5 Å². The maximum atomic E-state index is 12.1. The number of rotatable bonds is 3. The molecule has 0 fully saturated rings. The van der Waals surface area contributed by atoms with E-state index in [0.717, 1.165) is 4.47 Å². The molecule has 1 amide bonds. The molecule has 0 aliphatic rings. The fraction of sp³-hybridized carbons (Fsp3) is 0.0714. The minimum atomic E-state index is -0.220. The largest absolute Gasteiger partial charge is 0.493 e. The molecular formula is C14H11BrClNO2. The Morgan fingerprint density at radius 1 is 1.26 bits per heavy atom. The molecule has 1 N–H and O–H groups in total. The van der Waals surface area contributed by atoms with E-state index in [1.54, 1.807) is 36.4 Å². The van der Waals surface area contributed by atoms with Gasteiger partial charge in [0.15, 0.2) is 5.75 Å². The number of ether oxygens (including phenoxy) is 1. The first-order valence-electron chi connectivity index (χ1n) is 5.51. The molecule has 0 unspecified atom stereocenters. The van der Waals surface area contributed by atoms with E-state index in [1.165, 1.54) is 7.11 Å². The van der Waals surface area contributed by atoms with Gasteiger partial charge in [-0.3, -0.25) is 4.79 Å². The number of carbonyl (C=O) groups is 1. The third-order valence-electron chi connectivity index (χ3n) is 2.51. The predicted molar refractivity (Wildman–Crippen MR) is 80.1 cm³/mol. The fourth-order valence-electron chi connectivity index (χ4n) is 1.64. The van der Waals surface area contributed by atoms with Gasteiger partial charge in [0, 0.05) is 10.0 Å². The second kappa shape index (κ2) is 6.08. The number of hydrogen-bond donors (Lipinski definition) is 1. The van der Waals surface area contributed by atoms with E-state index >= 15 is 0 Å². The fourth-order valence-corrected chi connectivity index (χ4v) is 2.29. The molecule has 98 valence electrons. The predicted octanol–water partition coefficient (Wildman–Crippen LogP) is 4.36. The number of nitrogens with one attached hydrogen (secondary N) is 1. The average molecular weight is 341 g/mol. The Kier molecular flexibility index (Phi) is 4.45. The molecule has 19 heavy (non-hydrogen) atoms. The number of benzene rings is 2. The zero-order valence-corrected chi connectivity index (χ0v) is 12.5. The Balaban J connectivity index is 2.27. The second-order valence-electron chi connectivity index (χ2n) is 3.79. The lowest BCUT2D eigenvalue weighted by Crippen LogP contribution is -2.12. The van der Waals surface area contributed by atoms with E-state index in [1.807, 2.05) is 6.07 Å². The van der Waals surface area contributed by atoms with Crippen LogP contribution in [0.15, 0.2) is 46.9 Å². The molecule has 0 spiro atoms. The molecule has 3 nitrogen and oxygen atoms in total. The lowest BCUT2D eigenvalue weighted by molar-refractivity contribution is 0.102. The van der Waals surface area contributed by atoms with Crippen molar-refractivity contribution in [2.45, 2.75) is 0 Å². The molecule has 0 aliphatic heterocycles. The zero-order valence-electron chi connectivity index (χ0n) is 10.1. The van der Waals surface area contributed by atoms with Crippen molar-refractivity contribution >= 4 is 39.1 Å². The number of carbonyl (C=O) groups excluding carboxylic acids is 1. The normalized spacial score (nSPS) is 10.1. The van der Waals surface area contributed by atoms with Gasteiger partial charge in [-0.2, -0.15) is 0 Å². The maximum Gasteiger partial charge on any atom is 0.255 e. The molecule has 0 aromatic heterocycles. The molecule has 2 rings (SSSR count). The highest BCUT2D eigenvalue weighted by Crippen LogP contribution is 2.32. The van der Waals surface area contributed by atoms with Crippen LogP contribution in [0.1, 0.15) is 10.4 Å². The monoisotopic (exact) mass is 339 g/mol. The molecule has 0 bridgehead atoms. The Bertz CT molecular complexity index is 616. The molecule has 2 aromatic carbocycles. The Morgan fingerprint density at radius 2 is 2.00 bits per heavy atom. The van der Waals surface area contributed by atoms with Gasteiger partial charge in [-0.05, 0) is 30.3 Å². The average Bonchev–Trinajstić information content (AvgIpc) is 2.39. The van der Waals surface area contributed by atoms with E-state index in [0.29, 0.717) is 22.0 Å². The van der Waals surface area contributed by atoms with Crippen LogP contribution in [0.4, 0.5) is 5.69 Å². The maximum absolute atomic E-state index is 12.1. The van der Waals surface area contributed by atoms with Gasteiger partial charge in [-0.15, -0.1) is 0 Å². The van der Waals surface area contributed by atoms with Crippen molar-refractivity contribution in [3.05, 3.63) is 57.5 Å². The van der Waals surface area contributed by atoms with Crippen molar-refractivity contribution in [2.75, 3.05) is 12.4 Å². The van der Waals surface area contributed by atoms with Gasteiger partial charge in [-0.25, -0.2) is 0 Å². The van der Waals surface area contributed by atoms with Crippen molar-refractivity contribution < 1.29 is 9.53 Å². The molecule has 0 atom stereocenters. The summed E-state index contributed by atoms with van der Waals surface area (Å²) < 4.78 is 6.03. The third kappa shape index (κ3) is 3.28. The number of para-hydroxylation sites is 1. The topological polar surface area (TPSA) is 38.3 Å². The zero-order chi connectivity index (χ0) is 13.8. The minimum Gasteiger partial charge on any atom is -0.493 e. The molecular weight excluding hydrogens is 330 g/mol. The SMILES string of the molecule is COc1c(Cl)cccc1NC(=O)c1cccc(Br)c1. The van der Waals surface area contributed by atoms with Crippen LogP contribution in [0.3, 0.4) is 0 Å². The van der Waals surface area contributed by atoms with Crippen molar-refractivity contribution in [1.82, 2.24) is 0 Å². The van der Waals surface area contributed by atoms with Gasteiger partial charge >= 0.3 is 0 Å². The van der Waals surface area contributed by atoms with Gasteiger partial charge in [0.2, 0.25) is 0 Å². The van der Waals surface area contributed by atoms with Crippen LogP contribution in [-0.4, -0.2) is 13.0 Å². The summed E-state index contributed by atoms with van der Waals surface area (Å²) in [5.41, 5.74) is 1.09. The van der Waals surface area contributed by atoms with Gasteiger partial charge < -0.3 is 10.1 Å². The quantitative estimate of drug-likeness (QED) is 0.901. The van der Waals surface area contributed by atoms with E-state index < -0.39 is 0 Å². The summed E-state index contributed by atoms with van der Waals surface area (Å²) in [7, 11) is 1.51. The summed E-state index contributed by atoms with van der Waals surface area (Å²) in [5, 5.41) is 3.23. The number of amides is 1. The highest BCUT2D eigenvalue weighted by molar-refractivity contribution is 9.10. The Labute approximate surface area is 124 Å². The van der Waals surface area contributed by atoms with E-state index in [2.05, 4.69) is 21.2 Å². The Morgan fingerprint density at radius 3 is 2.68 bits per heavy atom. The molecule has 5 heteroatoms. The summed E-state index contributed by atoms with van der Waals surface area (Å²) in [4.78, 5) is 12.1. The highest BCUT2D eigenvalue weighted by Gasteiger charge is 2.12. The van der Waals surface area contributed by atoms with Crippen LogP contribution in [-0.2, 0) is 0 Å². The number of anilines is 1. The Hall–Kier alpha value is -1.52. The van der Waals surface area contributed by atoms with Gasteiger partial charge in [-0.1, -0.05) is 39.7 Å². The summed E-state index contributed by atoms with van der Waals surface area (Å²) in [5.74, 6) is 0.231. The summed E-state index contributed by atoms with van der Waals surface area (Å²) >= 11 is 9.33. The van der Waals surface area contributed by atoms with Gasteiger partial charge in [0.1, 0.15) is 0 Å². The minimum absolute atomic E-state index is 0.220. The third-order valence-corrected chi connectivity index (χ3v) is 3.30. The molecule has 2 aromatic rings. The molecule has 0 saturated carbocycles. The lowest BCUT2D eigenvalue weighted by Gasteiger charge is -2.11. The number of methoxy groups -OCH3 is 1. The first-order chi connectivity index (χ1) is 9.11. The van der Waals surface area contributed by atoms with Crippen LogP contribution in [0.2, 0.25) is 5.02 Å². The summed E-state index contributed by atoms with van der Waals surface area (Å²) in [6.45, 7) is 0. The summed E-state index contributed by atoms with van der Waals surface area (Å²) in [6, 6.07) is 12.3. The highest BCUT2D eigenvalue weighted by atomic mass is 79.9. The molecule has 0 saturated heterocycles. The number of hydrogen-bond acceptors (Lipinski definition) is 2. The van der Waals surface area contributed by atoms with Crippen molar-refractivity contribution in [2.24, 2.45) is 0 Å². The van der Waals surface area contributed by atoms with Crippen LogP contribution in [0, 0.1) is 0 Å². The number of halogens is 2. The van der Waals surface area contributed by atoms with E-state index in [-0.39, 0.29) is 5.91 Å². The van der Waals surface area contributed by atoms with Crippen LogP contribution in [0.25, 0.3) is 0 Å². The van der Waals surface area contributed by atoms with Crippen molar-refractivity contribution in [3.63, 3.8) is 0 Å². The standard InChI is InChI=1S/C14H11BrClNO2/c1-19-13-11(16)6-3-7-12(13)17-14(18)9-4-2-5-10(15)8-9/h2-8H,1H3,(H,17,18). The van der Waals surface area contributed by atoms with Crippen LogP contribution in [0.5, 0.6) is 5.75 Å².